The maximum absolute atomic E-state index is 14.2. The van der Waals surface area contributed by atoms with Crippen LogP contribution in [0.1, 0.15) is 0 Å². The Morgan fingerprint density at radius 1 is 0.947 bits per heavy atom. The first-order valence-corrected chi connectivity index (χ1v) is 6.03. The molecule has 0 spiro atoms. The highest BCUT2D eigenvalue weighted by Gasteiger charge is 2.10. The monoisotopic (exact) mass is 251 g/mol. The van der Waals surface area contributed by atoms with E-state index in [4.69, 9.17) is 4.74 Å². The average molecular weight is 251 g/mol. The largest absolute Gasteiger partial charge is 0.494 e. The van der Waals surface area contributed by atoms with Crippen LogP contribution in [0.4, 0.5) is 4.39 Å². The number of rotatable bonds is 2. The molecule has 19 heavy (non-hydrogen) atoms. The maximum Gasteiger partial charge on any atom is 0.172 e. The van der Waals surface area contributed by atoms with Gasteiger partial charge in [0.25, 0.3) is 0 Å². The molecule has 0 N–H and O–H groups in total. The molecule has 0 aliphatic rings. The minimum Gasteiger partial charge on any atom is -0.494 e. The van der Waals surface area contributed by atoms with Crippen LogP contribution in [0.25, 0.3) is 21.9 Å². The number of hydrogen-bond donors (Lipinski definition) is 0. The summed E-state index contributed by atoms with van der Waals surface area (Å²) in [6, 6.07) is 20.1. The lowest BCUT2D eigenvalue weighted by Crippen LogP contribution is -1.91. The first-order valence-electron chi connectivity index (χ1n) is 6.03. The van der Waals surface area contributed by atoms with E-state index in [2.05, 4.69) is 6.07 Å². The number of methoxy groups -OCH3 is 1. The molecule has 2 heteroatoms. The van der Waals surface area contributed by atoms with Gasteiger partial charge in [0.1, 0.15) is 0 Å². The van der Waals surface area contributed by atoms with Gasteiger partial charge in [-0.1, -0.05) is 48.5 Å². The van der Waals surface area contributed by atoms with Gasteiger partial charge in [0.05, 0.1) is 7.11 Å². The zero-order valence-electron chi connectivity index (χ0n) is 10.5. The second-order valence-electron chi connectivity index (χ2n) is 4.28. The van der Waals surface area contributed by atoms with Crippen molar-refractivity contribution in [1.29, 1.82) is 0 Å². The second kappa shape index (κ2) is 4.73. The third-order valence-corrected chi connectivity index (χ3v) is 3.13. The summed E-state index contributed by atoms with van der Waals surface area (Å²) in [5.74, 6) is -0.101. The van der Waals surface area contributed by atoms with E-state index in [0.29, 0.717) is 5.56 Å². The van der Waals surface area contributed by atoms with Gasteiger partial charge in [-0.05, 0) is 28.5 Å². The molecule has 1 nitrogen and oxygen atoms in total. The van der Waals surface area contributed by atoms with Gasteiger partial charge in [0, 0.05) is 5.56 Å². The number of halogens is 1. The fourth-order valence-electron chi connectivity index (χ4n) is 2.15. The van der Waals surface area contributed by atoms with Crippen LogP contribution >= 0.6 is 0 Å². The average Bonchev–Trinajstić information content (AvgIpc) is 2.47. The molecule has 0 aliphatic carbocycles. The lowest BCUT2D eigenvalue weighted by atomic mass is 10.0. The Balaban J connectivity index is 2.19. The number of ether oxygens (including phenoxy) is 1. The van der Waals surface area contributed by atoms with Crippen LogP contribution in [-0.2, 0) is 0 Å². The zero-order chi connectivity index (χ0) is 13.2. The van der Waals surface area contributed by atoms with Gasteiger partial charge in [-0.3, -0.25) is 0 Å². The predicted molar refractivity (Wildman–Crippen MR) is 74.7 cm³/mol. The van der Waals surface area contributed by atoms with Crippen molar-refractivity contribution in [3.63, 3.8) is 0 Å². The molecule has 0 amide bonds. The molecule has 0 aromatic heterocycles. The molecule has 0 fully saturated rings. The standard InChI is InChI=1S/C17H12FO/c1-19-16-8-4-7-15(17(16)18)14-10-9-12-5-2-3-6-13(12)11-14/h2-10H,1H3. The highest BCUT2D eigenvalue weighted by molar-refractivity contribution is 5.86. The lowest BCUT2D eigenvalue weighted by molar-refractivity contribution is 0.387. The van der Waals surface area contributed by atoms with Gasteiger partial charge in [0.2, 0.25) is 0 Å². The molecular weight excluding hydrogens is 239 g/mol. The van der Waals surface area contributed by atoms with E-state index in [1.807, 2.05) is 36.4 Å². The van der Waals surface area contributed by atoms with Crippen molar-refractivity contribution in [2.45, 2.75) is 0 Å². The van der Waals surface area contributed by atoms with E-state index in [1.165, 1.54) is 7.11 Å². The fourth-order valence-corrected chi connectivity index (χ4v) is 2.15. The van der Waals surface area contributed by atoms with Crippen molar-refractivity contribution in [3.05, 3.63) is 66.5 Å². The molecule has 3 aromatic carbocycles. The van der Waals surface area contributed by atoms with E-state index < -0.39 is 0 Å². The lowest BCUT2D eigenvalue weighted by Gasteiger charge is -2.08. The Morgan fingerprint density at radius 3 is 2.63 bits per heavy atom. The number of hydrogen-bond acceptors (Lipinski definition) is 1. The minimum atomic E-state index is -0.350. The summed E-state index contributed by atoms with van der Waals surface area (Å²) in [5.41, 5.74) is 1.24. The summed E-state index contributed by atoms with van der Waals surface area (Å²) in [7, 11) is 1.46. The van der Waals surface area contributed by atoms with Gasteiger partial charge in [0.15, 0.2) is 11.6 Å². The summed E-state index contributed by atoms with van der Waals surface area (Å²) in [6.07, 6.45) is 0. The van der Waals surface area contributed by atoms with Gasteiger partial charge in [-0.25, -0.2) is 4.39 Å². The third kappa shape index (κ3) is 2.06. The molecule has 3 aromatic rings. The van der Waals surface area contributed by atoms with Crippen molar-refractivity contribution in [3.8, 4) is 16.9 Å². The molecule has 0 saturated carbocycles. The quantitative estimate of drug-likeness (QED) is 0.653. The molecule has 0 aliphatic heterocycles. The Hall–Kier alpha value is -2.35. The second-order valence-corrected chi connectivity index (χ2v) is 4.28. The van der Waals surface area contributed by atoms with Crippen molar-refractivity contribution in [2.75, 3.05) is 7.11 Å². The van der Waals surface area contributed by atoms with Crippen LogP contribution in [0.15, 0.2) is 54.6 Å². The SMILES string of the molecule is COc1cccc(-c2[c]c3ccccc3cc2)c1F. The van der Waals surface area contributed by atoms with Crippen LogP contribution in [-0.4, -0.2) is 7.11 Å². The van der Waals surface area contributed by atoms with Gasteiger partial charge in [-0.15, -0.1) is 0 Å². The van der Waals surface area contributed by atoms with Gasteiger partial charge >= 0.3 is 0 Å². The first kappa shape index (κ1) is 11.7. The molecule has 93 valence electrons. The topological polar surface area (TPSA) is 9.23 Å². The summed E-state index contributed by atoms with van der Waals surface area (Å²) in [6.45, 7) is 0. The Kier molecular flexibility index (Phi) is 2.92. The van der Waals surface area contributed by atoms with Crippen LogP contribution < -0.4 is 4.74 Å². The first-order chi connectivity index (χ1) is 9.29. The van der Waals surface area contributed by atoms with Crippen molar-refractivity contribution < 1.29 is 9.13 Å². The van der Waals surface area contributed by atoms with E-state index in [-0.39, 0.29) is 11.6 Å². The van der Waals surface area contributed by atoms with Crippen LogP contribution in [0.3, 0.4) is 0 Å². The number of benzene rings is 3. The summed E-state index contributed by atoms with van der Waals surface area (Å²) in [4.78, 5) is 0. The zero-order valence-corrected chi connectivity index (χ0v) is 10.5. The highest BCUT2D eigenvalue weighted by Crippen LogP contribution is 2.30. The van der Waals surface area contributed by atoms with Crippen molar-refractivity contribution in [2.24, 2.45) is 0 Å². The number of fused-ring (bicyclic) bond motifs is 1. The van der Waals surface area contributed by atoms with Crippen molar-refractivity contribution in [1.82, 2.24) is 0 Å². The van der Waals surface area contributed by atoms with Crippen LogP contribution in [0.5, 0.6) is 5.75 Å². The Bertz CT molecular complexity index is 734. The van der Waals surface area contributed by atoms with Crippen LogP contribution in [0, 0.1) is 11.9 Å². The molecular formula is C17H12FO. The van der Waals surface area contributed by atoms with E-state index in [0.717, 1.165) is 16.3 Å². The molecule has 0 atom stereocenters. The van der Waals surface area contributed by atoms with E-state index in [9.17, 15) is 4.39 Å². The maximum atomic E-state index is 14.2. The van der Waals surface area contributed by atoms with Gasteiger partial charge in [-0.2, -0.15) is 0 Å². The van der Waals surface area contributed by atoms with Crippen LogP contribution in [0.2, 0.25) is 0 Å². The fraction of sp³-hybridized carbons (Fsp3) is 0.0588. The molecule has 0 unspecified atom stereocenters. The molecule has 3 rings (SSSR count). The highest BCUT2D eigenvalue weighted by atomic mass is 19.1. The minimum absolute atomic E-state index is 0.249. The Labute approximate surface area is 111 Å². The Morgan fingerprint density at radius 2 is 1.79 bits per heavy atom. The van der Waals surface area contributed by atoms with Crippen molar-refractivity contribution >= 4 is 10.8 Å². The third-order valence-electron chi connectivity index (χ3n) is 3.13. The molecule has 1 radical (unpaired) electrons. The van der Waals surface area contributed by atoms with Gasteiger partial charge < -0.3 is 4.74 Å². The molecule has 0 bridgehead atoms. The molecule has 0 heterocycles. The normalized spacial score (nSPS) is 10.6. The summed E-state index contributed by atoms with van der Waals surface area (Å²) in [5, 5.41) is 2.07. The summed E-state index contributed by atoms with van der Waals surface area (Å²) < 4.78 is 19.2. The predicted octanol–water partition coefficient (Wildman–Crippen LogP) is 4.45. The van der Waals surface area contributed by atoms with E-state index in [1.54, 1.807) is 18.2 Å². The smallest absolute Gasteiger partial charge is 0.172 e. The molecule has 0 saturated heterocycles. The summed E-state index contributed by atoms with van der Waals surface area (Å²) >= 11 is 0. The van der Waals surface area contributed by atoms with E-state index >= 15 is 0 Å².